The summed E-state index contributed by atoms with van der Waals surface area (Å²) in [4.78, 5) is 24.2. The molecule has 174 valence electrons. The third-order valence-electron chi connectivity index (χ3n) is 5.88. The molecule has 2 amide bonds. The first kappa shape index (κ1) is 24.1. The molecule has 2 atom stereocenters. The zero-order valence-corrected chi connectivity index (χ0v) is 18.5. The number of aromatic hydroxyl groups is 2. The van der Waals surface area contributed by atoms with Crippen LogP contribution in [0.2, 0.25) is 0 Å². The first-order chi connectivity index (χ1) is 15.5. The Morgan fingerprint density at radius 1 is 1.06 bits per heavy atom. The molecule has 4 rings (SSSR count). The molecule has 10 heteroatoms. The number of carbonyl (C=O) groups is 2. The lowest BCUT2D eigenvalue weighted by Gasteiger charge is -2.33. The van der Waals surface area contributed by atoms with Crippen molar-refractivity contribution in [3.63, 3.8) is 0 Å². The highest BCUT2D eigenvalue weighted by molar-refractivity contribution is 6.01. The number of aromatic nitrogens is 1. The van der Waals surface area contributed by atoms with E-state index in [0.29, 0.717) is 18.2 Å². The number of halogens is 1. The summed E-state index contributed by atoms with van der Waals surface area (Å²) in [7, 11) is 0. The van der Waals surface area contributed by atoms with Gasteiger partial charge in [-0.15, -0.1) is 17.5 Å². The van der Waals surface area contributed by atoms with Gasteiger partial charge in [-0.2, -0.15) is 0 Å². The third-order valence-corrected chi connectivity index (χ3v) is 5.88. The maximum atomic E-state index is 12.4. The topological polar surface area (TPSA) is 137 Å². The number of carbonyl (C=O) groups excluding carboxylic acids is 2. The van der Waals surface area contributed by atoms with Crippen molar-refractivity contribution in [1.29, 1.82) is 5.53 Å². The summed E-state index contributed by atoms with van der Waals surface area (Å²) in [6.07, 6.45) is 2.51. The average molecular weight is 473 g/mol. The van der Waals surface area contributed by atoms with Crippen LogP contribution in [0.5, 0.6) is 11.8 Å². The molecule has 0 aliphatic heterocycles. The Kier molecular flexibility index (Phi) is 7.55. The van der Waals surface area contributed by atoms with Crippen LogP contribution in [0.15, 0.2) is 53.6 Å². The second-order valence-corrected chi connectivity index (χ2v) is 7.86. The van der Waals surface area contributed by atoms with Crippen LogP contribution in [-0.4, -0.2) is 32.8 Å². The highest BCUT2D eigenvalue weighted by Crippen LogP contribution is 2.43. The van der Waals surface area contributed by atoms with E-state index in [0.717, 1.165) is 18.4 Å². The molecule has 0 radical (unpaired) electrons. The molecule has 2 aromatic carbocycles. The summed E-state index contributed by atoms with van der Waals surface area (Å²) in [5.74, 6) is -1.08. The van der Waals surface area contributed by atoms with Crippen molar-refractivity contribution < 1.29 is 24.5 Å². The van der Waals surface area contributed by atoms with Gasteiger partial charge >= 0.3 is 6.09 Å². The molecule has 1 saturated carbocycles. The minimum atomic E-state index is -0.739. The number of amides is 2. The maximum Gasteiger partial charge on any atom is 0.407 e. The standard InChI is InChI=1S/C23H24N4O5.ClH/c24-26-20(28)15-10-11-16-17(12-15)22(30)27(21(16)29)19-9-5-4-8-18(19)25-23(31)32-13-14-6-2-1-3-7-14;/h1-3,6-7,10-12,18-19,24,29-30H,4-5,8-9,13H2,(H,25,31);1H/t18-,19-;/m1./s1. The van der Waals surface area contributed by atoms with E-state index in [1.807, 2.05) is 30.3 Å². The van der Waals surface area contributed by atoms with E-state index >= 15 is 0 Å². The van der Waals surface area contributed by atoms with Gasteiger partial charge in [0.2, 0.25) is 11.8 Å². The van der Waals surface area contributed by atoms with Crippen LogP contribution in [0.3, 0.4) is 0 Å². The fraction of sp³-hybridized carbons (Fsp3) is 0.304. The van der Waals surface area contributed by atoms with Gasteiger partial charge in [-0.3, -0.25) is 9.36 Å². The van der Waals surface area contributed by atoms with Crippen LogP contribution in [0.4, 0.5) is 4.79 Å². The molecule has 3 aromatic rings. The van der Waals surface area contributed by atoms with Gasteiger partial charge in [-0.1, -0.05) is 43.2 Å². The number of alkyl carbamates (subject to hydrolysis) is 1. The molecule has 4 N–H and O–H groups in total. The van der Waals surface area contributed by atoms with Gasteiger partial charge in [-0.05, 0) is 36.6 Å². The zero-order valence-electron chi connectivity index (χ0n) is 17.7. The Bertz CT molecular complexity index is 1160. The normalized spacial score (nSPS) is 17.7. The van der Waals surface area contributed by atoms with E-state index in [9.17, 15) is 19.8 Å². The molecule has 33 heavy (non-hydrogen) atoms. The van der Waals surface area contributed by atoms with E-state index in [1.165, 1.54) is 22.8 Å². The van der Waals surface area contributed by atoms with E-state index in [1.54, 1.807) is 0 Å². The number of rotatable bonds is 5. The van der Waals surface area contributed by atoms with Crippen molar-refractivity contribution in [3.8, 4) is 11.8 Å². The largest absolute Gasteiger partial charge is 0.494 e. The van der Waals surface area contributed by atoms with Gasteiger partial charge in [0.1, 0.15) is 6.61 Å². The van der Waals surface area contributed by atoms with Gasteiger partial charge in [0, 0.05) is 16.3 Å². The van der Waals surface area contributed by atoms with Crippen LogP contribution >= 0.6 is 12.4 Å². The average Bonchev–Trinajstić information content (AvgIpc) is 3.07. The van der Waals surface area contributed by atoms with E-state index in [2.05, 4.69) is 10.4 Å². The summed E-state index contributed by atoms with van der Waals surface area (Å²) in [6, 6.07) is 13.0. The Hall–Kier alpha value is -3.59. The molecule has 1 heterocycles. The minimum Gasteiger partial charge on any atom is -0.494 e. The highest BCUT2D eigenvalue weighted by atomic mass is 35.5. The minimum absolute atomic E-state index is 0. The summed E-state index contributed by atoms with van der Waals surface area (Å²) >= 11 is 0. The molecule has 0 saturated heterocycles. The zero-order chi connectivity index (χ0) is 22.7. The van der Waals surface area contributed by atoms with E-state index < -0.39 is 12.0 Å². The fourth-order valence-corrected chi connectivity index (χ4v) is 4.30. The lowest BCUT2D eigenvalue weighted by molar-refractivity contribution is 0.0991. The molecule has 1 fully saturated rings. The van der Waals surface area contributed by atoms with E-state index in [4.69, 9.17) is 10.3 Å². The summed E-state index contributed by atoms with van der Waals surface area (Å²) < 4.78 is 6.74. The Morgan fingerprint density at radius 2 is 1.76 bits per heavy atom. The van der Waals surface area contributed by atoms with Gasteiger partial charge in [-0.25, -0.2) is 10.3 Å². The van der Waals surface area contributed by atoms with Gasteiger partial charge in [0.15, 0.2) is 0 Å². The molecule has 1 aliphatic rings. The van der Waals surface area contributed by atoms with Gasteiger partial charge in [0.05, 0.1) is 12.1 Å². The van der Waals surface area contributed by atoms with Crippen molar-refractivity contribution in [2.75, 3.05) is 0 Å². The van der Waals surface area contributed by atoms with Crippen molar-refractivity contribution in [2.45, 2.75) is 44.4 Å². The van der Waals surface area contributed by atoms with Crippen molar-refractivity contribution in [1.82, 2.24) is 9.88 Å². The monoisotopic (exact) mass is 472 g/mol. The number of nitrogens with zero attached hydrogens (tertiary/aromatic N) is 2. The van der Waals surface area contributed by atoms with Gasteiger partial charge < -0.3 is 20.3 Å². The van der Waals surface area contributed by atoms with Crippen molar-refractivity contribution in [3.05, 3.63) is 59.7 Å². The Labute approximate surface area is 196 Å². The molecule has 0 spiro atoms. The van der Waals surface area contributed by atoms with Gasteiger partial charge in [0.25, 0.3) is 5.91 Å². The number of ether oxygens (including phenoxy) is 1. The smallest absolute Gasteiger partial charge is 0.407 e. The molecule has 0 unspecified atom stereocenters. The number of nitrogens with one attached hydrogen (secondary N) is 2. The Balaban J connectivity index is 0.00000306. The molecule has 0 bridgehead atoms. The summed E-state index contributed by atoms with van der Waals surface area (Å²) in [5.41, 5.74) is 7.92. The maximum absolute atomic E-state index is 12.4. The molecule has 1 aliphatic carbocycles. The molecule has 9 nitrogen and oxygen atoms in total. The second-order valence-electron chi connectivity index (χ2n) is 7.86. The number of fused-ring (bicyclic) bond motifs is 1. The second kappa shape index (κ2) is 10.4. The lowest BCUT2D eigenvalue weighted by atomic mass is 9.90. The van der Waals surface area contributed by atoms with Crippen LogP contribution in [0, 0.1) is 5.53 Å². The van der Waals surface area contributed by atoms with Crippen LogP contribution in [0.1, 0.15) is 47.6 Å². The van der Waals surface area contributed by atoms with E-state index in [-0.39, 0.29) is 53.8 Å². The number of benzene rings is 2. The highest BCUT2D eigenvalue weighted by Gasteiger charge is 2.33. The van der Waals surface area contributed by atoms with Crippen molar-refractivity contribution >= 4 is 35.2 Å². The van der Waals surface area contributed by atoms with Crippen LogP contribution < -0.4 is 5.32 Å². The predicted octanol–water partition coefficient (Wildman–Crippen LogP) is 5.06. The lowest BCUT2D eigenvalue weighted by Crippen LogP contribution is -2.43. The first-order valence-corrected chi connectivity index (χ1v) is 10.4. The van der Waals surface area contributed by atoms with Crippen molar-refractivity contribution in [2.24, 2.45) is 5.11 Å². The van der Waals surface area contributed by atoms with Crippen LogP contribution in [0.25, 0.3) is 10.8 Å². The van der Waals surface area contributed by atoms with Crippen LogP contribution in [-0.2, 0) is 11.3 Å². The third kappa shape index (κ3) is 4.93. The summed E-state index contributed by atoms with van der Waals surface area (Å²) in [6.45, 7) is 0.145. The summed E-state index contributed by atoms with van der Waals surface area (Å²) in [5, 5.41) is 28.1. The quantitative estimate of drug-likeness (QED) is 0.385. The number of hydrogen-bond acceptors (Lipinski definition) is 6. The fourth-order valence-electron chi connectivity index (χ4n) is 4.30. The number of hydrogen-bond donors (Lipinski definition) is 4. The molecular formula is C23H25ClN4O5. The molecule has 1 aromatic heterocycles. The SMILES string of the molecule is Cl.N=NC(=O)c1ccc2c(O)n([C@@H]3CCCC[C@H]3NC(=O)OCc3ccccc3)c(O)c2c1. The predicted molar refractivity (Wildman–Crippen MR) is 123 cm³/mol. The first-order valence-electron chi connectivity index (χ1n) is 10.4. The Morgan fingerprint density at radius 3 is 2.48 bits per heavy atom. The molecular weight excluding hydrogens is 448 g/mol.